The molecule has 2 aromatic carbocycles. The smallest absolute Gasteiger partial charge is 0.336 e. The van der Waals surface area contributed by atoms with E-state index in [0.29, 0.717) is 27.7 Å². The molecule has 0 saturated carbocycles. The van der Waals surface area contributed by atoms with Crippen LogP contribution in [0, 0.1) is 0 Å². The van der Waals surface area contributed by atoms with E-state index in [9.17, 15) is 9.59 Å². The molecule has 8 nitrogen and oxygen atoms in total. The number of hydrogen-bond acceptors (Lipinski definition) is 9. The number of nitrogens with zero attached hydrogens (tertiary/aromatic N) is 2. The summed E-state index contributed by atoms with van der Waals surface area (Å²) in [4.78, 5) is 33.2. The van der Waals surface area contributed by atoms with Gasteiger partial charge < -0.3 is 25.0 Å². The van der Waals surface area contributed by atoms with Crippen molar-refractivity contribution in [3.8, 4) is 11.3 Å². The molecule has 0 spiro atoms. The van der Waals surface area contributed by atoms with Gasteiger partial charge in [0.25, 0.3) is 0 Å². The Labute approximate surface area is 233 Å². The second-order valence-corrected chi connectivity index (χ2v) is 10.1. The molecule has 3 aromatic rings. The van der Waals surface area contributed by atoms with E-state index in [2.05, 4.69) is 39.8 Å². The van der Waals surface area contributed by atoms with Crippen LogP contribution in [0.25, 0.3) is 11.3 Å². The third kappa shape index (κ3) is 5.98. The first-order valence-electron chi connectivity index (χ1n) is 12.9. The first-order chi connectivity index (χ1) is 18.7. The van der Waals surface area contributed by atoms with E-state index in [1.54, 1.807) is 13.8 Å². The summed E-state index contributed by atoms with van der Waals surface area (Å²) in [6, 6.07) is 15.8. The molecule has 1 aromatic heterocycles. The lowest BCUT2D eigenvalue weighted by Crippen LogP contribution is -2.32. The molecular formula is C30H34N4O4S. The molecule has 39 heavy (non-hydrogen) atoms. The Morgan fingerprint density at radius 3 is 2.10 bits per heavy atom. The van der Waals surface area contributed by atoms with Crippen LogP contribution in [0.3, 0.4) is 0 Å². The lowest BCUT2D eigenvalue weighted by molar-refractivity contribution is -0.139. The van der Waals surface area contributed by atoms with Crippen LogP contribution in [-0.2, 0) is 19.1 Å². The number of allylic oxidation sites excluding steroid dienone is 2. The number of dihydropyridines is 1. The number of thiazole rings is 1. The minimum absolute atomic E-state index is 0.219. The number of carbonyl (C=O) groups is 2. The summed E-state index contributed by atoms with van der Waals surface area (Å²) in [6.07, 6.45) is 0. The van der Waals surface area contributed by atoms with Gasteiger partial charge in [-0.05, 0) is 51.5 Å². The molecule has 9 heteroatoms. The maximum Gasteiger partial charge on any atom is 0.336 e. The van der Waals surface area contributed by atoms with Crippen LogP contribution < -0.4 is 15.5 Å². The highest BCUT2D eigenvalue weighted by Gasteiger charge is 2.39. The van der Waals surface area contributed by atoms with Gasteiger partial charge in [0, 0.05) is 47.8 Å². The fourth-order valence-corrected chi connectivity index (χ4v) is 5.37. The third-order valence-electron chi connectivity index (χ3n) is 6.45. The van der Waals surface area contributed by atoms with Crippen LogP contribution in [0.2, 0.25) is 0 Å². The Morgan fingerprint density at radius 2 is 1.54 bits per heavy atom. The number of esters is 2. The maximum absolute atomic E-state index is 13.2. The largest absolute Gasteiger partial charge is 0.463 e. The van der Waals surface area contributed by atoms with Crippen molar-refractivity contribution in [1.29, 1.82) is 0 Å². The van der Waals surface area contributed by atoms with Gasteiger partial charge in [0.05, 0.1) is 36.0 Å². The molecule has 0 saturated heterocycles. The summed E-state index contributed by atoms with van der Waals surface area (Å²) in [5.74, 6) is -1.64. The van der Waals surface area contributed by atoms with E-state index in [0.717, 1.165) is 28.2 Å². The van der Waals surface area contributed by atoms with Crippen LogP contribution >= 0.6 is 11.3 Å². The zero-order valence-electron chi connectivity index (χ0n) is 23.1. The summed E-state index contributed by atoms with van der Waals surface area (Å²) in [7, 11) is 4.02. The number of hydrogen-bond donors (Lipinski definition) is 2. The Morgan fingerprint density at radius 1 is 0.949 bits per heavy atom. The van der Waals surface area contributed by atoms with Gasteiger partial charge in [0.1, 0.15) is 0 Å². The van der Waals surface area contributed by atoms with Gasteiger partial charge in [-0.1, -0.05) is 30.3 Å². The Bertz CT molecular complexity index is 1380. The molecule has 0 fully saturated rings. The molecule has 0 bridgehead atoms. The van der Waals surface area contributed by atoms with Crippen LogP contribution in [0.15, 0.2) is 76.5 Å². The second-order valence-electron chi connectivity index (χ2n) is 9.27. The predicted molar refractivity (Wildman–Crippen MR) is 156 cm³/mol. The number of nitrogens with one attached hydrogen (secondary N) is 2. The third-order valence-corrected chi connectivity index (χ3v) is 7.21. The molecule has 2 heterocycles. The molecule has 1 aliphatic heterocycles. The summed E-state index contributed by atoms with van der Waals surface area (Å²) < 4.78 is 10.8. The number of para-hydroxylation sites is 1. The molecule has 0 aliphatic carbocycles. The molecule has 1 aliphatic rings. The average Bonchev–Trinajstić information content (AvgIpc) is 3.37. The fourth-order valence-electron chi connectivity index (χ4n) is 4.64. The number of aromatic nitrogens is 1. The Balaban J connectivity index is 1.74. The SMILES string of the molecule is CCOC(=O)C1=C(C)NC(C)=C(C(=O)OCC)C1c1ccccc1Nc1nc(-c2ccc(N(C)C)cc2)cs1. The molecule has 0 atom stereocenters. The summed E-state index contributed by atoms with van der Waals surface area (Å²) in [5.41, 5.74) is 6.49. The number of ether oxygens (including phenoxy) is 2. The van der Waals surface area contributed by atoms with Crippen LogP contribution in [-0.4, -0.2) is 44.2 Å². The highest BCUT2D eigenvalue weighted by Crippen LogP contribution is 2.43. The van der Waals surface area contributed by atoms with Crippen molar-refractivity contribution in [2.75, 3.05) is 37.5 Å². The molecular weight excluding hydrogens is 512 g/mol. The first-order valence-corrected chi connectivity index (χ1v) is 13.7. The average molecular weight is 547 g/mol. The van der Waals surface area contributed by atoms with Crippen molar-refractivity contribution in [3.05, 3.63) is 82.0 Å². The van der Waals surface area contributed by atoms with Crippen molar-refractivity contribution in [3.63, 3.8) is 0 Å². The van der Waals surface area contributed by atoms with E-state index in [1.807, 2.05) is 57.6 Å². The van der Waals surface area contributed by atoms with Crippen molar-refractivity contribution in [2.24, 2.45) is 0 Å². The lowest BCUT2D eigenvalue weighted by Gasteiger charge is -2.31. The van der Waals surface area contributed by atoms with Gasteiger partial charge in [0.2, 0.25) is 0 Å². The second kappa shape index (κ2) is 12.2. The van der Waals surface area contributed by atoms with Gasteiger partial charge in [-0.25, -0.2) is 14.6 Å². The van der Waals surface area contributed by atoms with E-state index in [4.69, 9.17) is 14.5 Å². The summed E-state index contributed by atoms with van der Waals surface area (Å²) >= 11 is 1.48. The quantitative estimate of drug-likeness (QED) is 0.317. The summed E-state index contributed by atoms with van der Waals surface area (Å²) in [6.45, 7) is 7.59. The van der Waals surface area contributed by atoms with E-state index in [1.165, 1.54) is 11.3 Å². The molecule has 0 amide bonds. The molecule has 0 unspecified atom stereocenters. The van der Waals surface area contributed by atoms with E-state index < -0.39 is 17.9 Å². The number of carbonyl (C=O) groups excluding carboxylic acids is 2. The predicted octanol–water partition coefficient (Wildman–Crippen LogP) is 5.98. The minimum Gasteiger partial charge on any atom is -0.463 e. The van der Waals surface area contributed by atoms with Crippen molar-refractivity contribution in [2.45, 2.75) is 33.6 Å². The fraction of sp³-hybridized carbons (Fsp3) is 0.300. The van der Waals surface area contributed by atoms with Crippen LogP contribution in [0.5, 0.6) is 0 Å². The lowest BCUT2D eigenvalue weighted by atomic mass is 9.79. The highest BCUT2D eigenvalue weighted by atomic mass is 32.1. The first kappa shape index (κ1) is 27.9. The van der Waals surface area contributed by atoms with E-state index in [-0.39, 0.29) is 13.2 Å². The van der Waals surface area contributed by atoms with Crippen molar-refractivity contribution in [1.82, 2.24) is 10.3 Å². The van der Waals surface area contributed by atoms with Gasteiger partial charge >= 0.3 is 11.9 Å². The maximum atomic E-state index is 13.2. The number of anilines is 3. The standard InChI is InChI=1S/C30H34N4O4S/c1-7-37-28(35)25-18(3)31-19(4)26(29(36)38-8-2)27(25)22-11-9-10-12-23(22)32-30-33-24(17-39-30)20-13-15-21(16-14-20)34(5)6/h9-17,27,31H,7-8H2,1-6H3,(H,32,33). The minimum atomic E-state index is -0.689. The topological polar surface area (TPSA) is 92.8 Å². The molecule has 0 radical (unpaired) electrons. The zero-order valence-corrected chi connectivity index (χ0v) is 23.9. The molecule has 2 N–H and O–H groups in total. The van der Waals surface area contributed by atoms with Crippen molar-refractivity contribution < 1.29 is 19.1 Å². The van der Waals surface area contributed by atoms with Gasteiger partial charge in [-0.15, -0.1) is 11.3 Å². The van der Waals surface area contributed by atoms with Gasteiger partial charge in [-0.3, -0.25) is 0 Å². The number of benzene rings is 2. The number of rotatable bonds is 9. The Kier molecular flexibility index (Phi) is 8.71. The van der Waals surface area contributed by atoms with Crippen molar-refractivity contribution >= 4 is 39.8 Å². The molecule has 4 rings (SSSR count). The highest BCUT2D eigenvalue weighted by molar-refractivity contribution is 7.14. The van der Waals surface area contributed by atoms with Crippen LogP contribution in [0.4, 0.5) is 16.5 Å². The van der Waals surface area contributed by atoms with Gasteiger partial charge in [0.15, 0.2) is 5.13 Å². The monoisotopic (exact) mass is 546 g/mol. The van der Waals surface area contributed by atoms with Gasteiger partial charge in [-0.2, -0.15) is 0 Å². The zero-order chi connectivity index (χ0) is 28.1. The molecule has 204 valence electrons. The Hall–Kier alpha value is -4.11. The van der Waals surface area contributed by atoms with E-state index >= 15 is 0 Å². The van der Waals surface area contributed by atoms with Crippen LogP contribution in [0.1, 0.15) is 39.2 Å². The summed E-state index contributed by atoms with van der Waals surface area (Å²) in [5, 5.41) is 9.31. The normalized spacial score (nSPS) is 13.7.